The van der Waals surface area contributed by atoms with E-state index in [0.29, 0.717) is 0 Å². The van der Waals surface area contributed by atoms with Gasteiger partial charge >= 0.3 is 0 Å². The Hall–Kier alpha value is -6.00. The van der Waals surface area contributed by atoms with Gasteiger partial charge in [0, 0.05) is 21.5 Å². The highest BCUT2D eigenvalue weighted by Gasteiger charge is 2.22. The first-order valence-corrected chi connectivity index (χ1v) is 14.9. The second kappa shape index (κ2) is 8.76. The molecule has 204 valence electrons. The SMILES string of the molecule is c1ccc2c(-c3cc4c5ccccc5n(-c5nc6ccccc6c6nc7ccccc7n56)c4c4ccccc34)cccc2c1. The average molecular weight is 561 g/mol. The molecular weight excluding hydrogens is 536 g/mol. The fourth-order valence-electron chi connectivity index (χ4n) is 7.19. The van der Waals surface area contributed by atoms with Crippen LogP contribution in [0.4, 0.5) is 0 Å². The summed E-state index contributed by atoms with van der Waals surface area (Å²) in [5.41, 5.74) is 8.57. The highest BCUT2D eigenvalue weighted by atomic mass is 15.2. The molecule has 0 amide bonds. The van der Waals surface area contributed by atoms with Crippen molar-refractivity contribution in [3.05, 3.63) is 146 Å². The lowest BCUT2D eigenvalue weighted by Gasteiger charge is -2.15. The van der Waals surface area contributed by atoms with E-state index in [2.05, 4.69) is 148 Å². The summed E-state index contributed by atoms with van der Waals surface area (Å²) >= 11 is 0. The van der Waals surface area contributed by atoms with Gasteiger partial charge in [0.15, 0.2) is 0 Å². The zero-order valence-corrected chi connectivity index (χ0v) is 23.6. The normalized spacial score (nSPS) is 12.1. The molecule has 0 unspecified atom stereocenters. The molecule has 10 rings (SSSR count). The molecule has 10 aromatic rings. The summed E-state index contributed by atoms with van der Waals surface area (Å²) in [6.45, 7) is 0. The second-order valence-electron chi connectivity index (χ2n) is 11.4. The Kier molecular flexibility index (Phi) is 4.69. The molecule has 0 N–H and O–H groups in total. The van der Waals surface area contributed by atoms with Crippen LogP contribution in [0, 0.1) is 0 Å². The van der Waals surface area contributed by atoms with Crippen molar-refractivity contribution in [2.24, 2.45) is 0 Å². The Morgan fingerprint density at radius 1 is 0.409 bits per heavy atom. The summed E-state index contributed by atoms with van der Waals surface area (Å²) in [5, 5.41) is 8.34. The van der Waals surface area contributed by atoms with E-state index < -0.39 is 0 Å². The average Bonchev–Trinajstić information content (AvgIpc) is 3.64. The van der Waals surface area contributed by atoms with Crippen molar-refractivity contribution in [3.8, 4) is 17.1 Å². The van der Waals surface area contributed by atoms with Gasteiger partial charge in [-0.25, -0.2) is 9.97 Å². The predicted molar refractivity (Wildman–Crippen MR) is 183 cm³/mol. The van der Waals surface area contributed by atoms with Crippen LogP contribution in [0.1, 0.15) is 0 Å². The number of benzene rings is 7. The van der Waals surface area contributed by atoms with Crippen molar-refractivity contribution in [2.75, 3.05) is 0 Å². The summed E-state index contributed by atoms with van der Waals surface area (Å²) in [4.78, 5) is 10.5. The second-order valence-corrected chi connectivity index (χ2v) is 11.4. The third-order valence-corrected chi connectivity index (χ3v) is 9.08. The van der Waals surface area contributed by atoms with Gasteiger partial charge in [0.2, 0.25) is 5.95 Å². The van der Waals surface area contributed by atoms with E-state index in [1.165, 1.54) is 43.4 Å². The first-order chi connectivity index (χ1) is 21.8. The maximum atomic E-state index is 5.38. The number of aromatic nitrogens is 4. The van der Waals surface area contributed by atoms with E-state index in [0.717, 1.165) is 44.6 Å². The van der Waals surface area contributed by atoms with Gasteiger partial charge < -0.3 is 0 Å². The number of hydrogen-bond donors (Lipinski definition) is 0. The van der Waals surface area contributed by atoms with E-state index in [4.69, 9.17) is 9.97 Å². The van der Waals surface area contributed by atoms with Gasteiger partial charge in [0.05, 0.1) is 27.6 Å². The van der Waals surface area contributed by atoms with Crippen LogP contribution in [-0.4, -0.2) is 18.9 Å². The van der Waals surface area contributed by atoms with E-state index >= 15 is 0 Å². The molecule has 0 saturated carbocycles. The molecule has 0 aliphatic carbocycles. The van der Waals surface area contributed by atoms with Crippen LogP contribution in [0.15, 0.2) is 146 Å². The molecule has 44 heavy (non-hydrogen) atoms. The molecule has 0 aliphatic heterocycles. The number of para-hydroxylation sites is 4. The summed E-state index contributed by atoms with van der Waals surface area (Å²) in [7, 11) is 0. The van der Waals surface area contributed by atoms with Crippen molar-refractivity contribution < 1.29 is 0 Å². The van der Waals surface area contributed by atoms with Crippen molar-refractivity contribution >= 4 is 70.9 Å². The lowest BCUT2D eigenvalue weighted by molar-refractivity contribution is 0.982. The van der Waals surface area contributed by atoms with Crippen molar-refractivity contribution in [1.82, 2.24) is 18.9 Å². The standard InChI is InChI=1S/C40H24N4/c1-2-14-26-25(12-1)13-11-19-27(26)32-24-33-29-16-6-9-22-36(29)43(38(33)30-17-4-3-15-28(30)32)40-42-34-20-7-5-18-31(34)39-41-35-21-8-10-23-37(35)44(39)40/h1-24H. The minimum atomic E-state index is 0.835. The topological polar surface area (TPSA) is 35.1 Å². The van der Waals surface area contributed by atoms with Crippen LogP contribution in [-0.2, 0) is 0 Å². The van der Waals surface area contributed by atoms with E-state index in [1.807, 2.05) is 6.07 Å². The highest BCUT2D eigenvalue weighted by Crippen LogP contribution is 2.43. The largest absolute Gasteiger partial charge is 0.278 e. The number of rotatable bonds is 2. The molecule has 3 aromatic heterocycles. The highest BCUT2D eigenvalue weighted by molar-refractivity contribution is 6.23. The van der Waals surface area contributed by atoms with Crippen LogP contribution in [0.5, 0.6) is 0 Å². The summed E-state index contributed by atoms with van der Waals surface area (Å²) in [5.74, 6) is 0.835. The quantitative estimate of drug-likeness (QED) is 0.211. The van der Waals surface area contributed by atoms with Crippen LogP contribution >= 0.6 is 0 Å². The summed E-state index contributed by atoms with van der Waals surface area (Å²) in [6.07, 6.45) is 0. The Bertz CT molecular complexity index is 2780. The molecule has 0 radical (unpaired) electrons. The lowest BCUT2D eigenvalue weighted by atomic mass is 9.92. The predicted octanol–water partition coefficient (Wildman–Crippen LogP) is 10.1. The van der Waals surface area contributed by atoms with Gasteiger partial charge in [0.25, 0.3) is 0 Å². The lowest BCUT2D eigenvalue weighted by Crippen LogP contribution is -2.06. The van der Waals surface area contributed by atoms with E-state index in [1.54, 1.807) is 0 Å². The molecule has 3 heterocycles. The Morgan fingerprint density at radius 3 is 1.91 bits per heavy atom. The smallest absolute Gasteiger partial charge is 0.221 e. The third kappa shape index (κ3) is 3.11. The zero-order valence-electron chi connectivity index (χ0n) is 23.6. The third-order valence-electron chi connectivity index (χ3n) is 9.08. The van der Waals surface area contributed by atoms with Gasteiger partial charge in [-0.15, -0.1) is 0 Å². The maximum absolute atomic E-state index is 5.38. The number of imidazole rings is 1. The molecule has 4 heteroatoms. The van der Waals surface area contributed by atoms with Gasteiger partial charge in [-0.2, -0.15) is 0 Å². The zero-order chi connectivity index (χ0) is 28.8. The fraction of sp³-hybridized carbons (Fsp3) is 0. The van der Waals surface area contributed by atoms with Gasteiger partial charge in [-0.3, -0.25) is 8.97 Å². The molecule has 0 spiro atoms. The van der Waals surface area contributed by atoms with Crippen LogP contribution < -0.4 is 0 Å². The molecule has 0 bridgehead atoms. The van der Waals surface area contributed by atoms with Gasteiger partial charge in [0.1, 0.15) is 5.65 Å². The Balaban J connectivity index is 1.43. The number of hydrogen-bond acceptors (Lipinski definition) is 2. The maximum Gasteiger partial charge on any atom is 0.221 e. The molecule has 0 saturated heterocycles. The molecule has 7 aromatic carbocycles. The molecule has 0 fully saturated rings. The molecule has 0 aliphatic rings. The minimum Gasteiger partial charge on any atom is -0.278 e. The van der Waals surface area contributed by atoms with E-state index in [9.17, 15) is 0 Å². The first-order valence-electron chi connectivity index (χ1n) is 14.9. The van der Waals surface area contributed by atoms with E-state index in [-0.39, 0.29) is 0 Å². The van der Waals surface area contributed by atoms with Crippen molar-refractivity contribution in [1.29, 1.82) is 0 Å². The van der Waals surface area contributed by atoms with Gasteiger partial charge in [-0.05, 0) is 63.7 Å². The Labute approximate surface area is 252 Å². The number of nitrogens with zero attached hydrogens (tertiary/aromatic N) is 4. The summed E-state index contributed by atoms with van der Waals surface area (Å²) < 4.78 is 4.59. The van der Waals surface area contributed by atoms with Crippen LogP contribution in [0.3, 0.4) is 0 Å². The van der Waals surface area contributed by atoms with Gasteiger partial charge in [-0.1, -0.05) is 109 Å². The molecule has 0 atom stereocenters. The van der Waals surface area contributed by atoms with Crippen LogP contribution in [0.2, 0.25) is 0 Å². The summed E-state index contributed by atoms with van der Waals surface area (Å²) in [6, 6.07) is 51.8. The Morgan fingerprint density at radius 2 is 1.05 bits per heavy atom. The molecule has 4 nitrogen and oxygen atoms in total. The van der Waals surface area contributed by atoms with Crippen LogP contribution in [0.25, 0.3) is 88.0 Å². The van der Waals surface area contributed by atoms with Crippen molar-refractivity contribution in [2.45, 2.75) is 0 Å². The molecular formula is C40H24N4. The first kappa shape index (κ1) is 23.6. The minimum absolute atomic E-state index is 0.835. The monoisotopic (exact) mass is 560 g/mol. The van der Waals surface area contributed by atoms with Crippen molar-refractivity contribution in [3.63, 3.8) is 0 Å². The fourth-order valence-corrected chi connectivity index (χ4v) is 7.19. The number of fused-ring (bicyclic) bond motifs is 11.